The van der Waals surface area contributed by atoms with E-state index in [4.69, 9.17) is 34.8 Å². The predicted octanol–water partition coefficient (Wildman–Crippen LogP) is 6.55. The molecule has 0 atom stereocenters. The Balaban J connectivity index is 1.81. The molecule has 0 aliphatic carbocycles. The van der Waals surface area contributed by atoms with Crippen LogP contribution in [0.3, 0.4) is 0 Å². The highest BCUT2D eigenvalue weighted by molar-refractivity contribution is 7.91. The average Bonchev–Trinajstić information content (AvgIpc) is 2.74. The number of hydrogen-bond donors (Lipinski definition) is 2. The third-order valence-electron chi connectivity index (χ3n) is 4.38. The number of halogens is 6. The molecule has 0 saturated heterocycles. The van der Waals surface area contributed by atoms with Crippen LogP contribution in [0.1, 0.15) is 5.56 Å². The Hall–Kier alpha value is -2.46. The molecule has 0 fully saturated rings. The molecule has 3 rings (SSSR count). The lowest BCUT2D eigenvalue weighted by Gasteiger charge is -2.15. The summed E-state index contributed by atoms with van der Waals surface area (Å²) in [6.07, 6.45) is -4.61. The lowest BCUT2D eigenvalue weighted by molar-refractivity contribution is -0.137. The molecule has 3 aromatic carbocycles. The van der Waals surface area contributed by atoms with E-state index in [0.29, 0.717) is 6.07 Å². The molecule has 0 aromatic heterocycles. The van der Waals surface area contributed by atoms with E-state index in [9.17, 15) is 26.4 Å². The van der Waals surface area contributed by atoms with Crippen molar-refractivity contribution in [1.82, 2.24) is 0 Å². The topological polar surface area (TPSA) is 75.3 Å². The zero-order valence-electron chi connectivity index (χ0n) is 16.4. The lowest BCUT2D eigenvalue weighted by atomic mass is 10.2. The summed E-state index contributed by atoms with van der Waals surface area (Å²) in [5.74, 6) is -0.741. The van der Waals surface area contributed by atoms with E-state index in [2.05, 4.69) is 10.6 Å². The summed E-state index contributed by atoms with van der Waals surface area (Å²) in [7, 11) is -4.06. The summed E-state index contributed by atoms with van der Waals surface area (Å²) in [4.78, 5) is 11.9. The number of carbonyl (C=O) groups excluding carboxylic acids is 1. The maximum atomic E-state index is 13.0. The van der Waals surface area contributed by atoms with Crippen molar-refractivity contribution in [2.24, 2.45) is 0 Å². The van der Waals surface area contributed by atoms with E-state index in [-0.39, 0.29) is 36.2 Å². The Morgan fingerprint density at radius 2 is 1.52 bits per heavy atom. The predicted molar refractivity (Wildman–Crippen MR) is 122 cm³/mol. The summed E-state index contributed by atoms with van der Waals surface area (Å²) in [5, 5.41) is 4.49. The van der Waals surface area contributed by atoms with E-state index >= 15 is 0 Å². The Kier molecular flexibility index (Phi) is 7.48. The van der Waals surface area contributed by atoms with E-state index in [1.807, 2.05) is 0 Å². The number of alkyl halides is 3. The highest BCUT2D eigenvalue weighted by Crippen LogP contribution is 2.38. The molecule has 0 spiro atoms. The molecular weight excluding hydrogens is 524 g/mol. The van der Waals surface area contributed by atoms with Crippen molar-refractivity contribution in [2.45, 2.75) is 16.0 Å². The van der Waals surface area contributed by atoms with Crippen LogP contribution in [0.15, 0.2) is 70.5 Å². The van der Waals surface area contributed by atoms with Crippen LogP contribution in [0.5, 0.6) is 0 Å². The van der Waals surface area contributed by atoms with Gasteiger partial charge in [-0.2, -0.15) is 13.2 Å². The number of rotatable bonds is 6. The van der Waals surface area contributed by atoms with Gasteiger partial charge in [-0.15, -0.1) is 0 Å². The molecule has 0 unspecified atom stereocenters. The van der Waals surface area contributed by atoms with Gasteiger partial charge >= 0.3 is 6.18 Å². The first-order chi connectivity index (χ1) is 15.4. The summed E-state index contributed by atoms with van der Waals surface area (Å²) in [5.41, 5.74) is -1.12. The van der Waals surface area contributed by atoms with Crippen LogP contribution >= 0.6 is 34.8 Å². The minimum Gasteiger partial charge on any atom is -0.375 e. The first-order valence-corrected chi connectivity index (χ1v) is 11.7. The second kappa shape index (κ2) is 9.80. The molecule has 174 valence electrons. The first kappa shape index (κ1) is 25.2. The number of anilines is 2. The molecule has 0 aliphatic heterocycles. The van der Waals surface area contributed by atoms with Crippen LogP contribution in [0.4, 0.5) is 24.5 Å². The molecule has 0 aliphatic rings. The third-order valence-corrected chi connectivity index (χ3v) is 7.49. The number of sulfone groups is 1. The fraction of sp³-hybridized carbons (Fsp3) is 0.0952. The van der Waals surface area contributed by atoms with Crippen molar-refractivity contribution >= 4 is 61.9 Å². The lowest BCUT2D eigenvalue weighted by Crippen LogP contribution is -2.22. The molecule has 0 saturated carbocycles. The molecule has 33 heavy (non-hydrogen) atoms. The smallest absolute Gasteiger partial charge is 0.375 e. The molecule has 12 heteroatoms. The third kappa shape index (κ3) is 5.73. The van der Waals surface area contributed by atoms with Crippen LogP contribution in [0.25, 0.3) is 0 Å². The summed E-state index contributed by atoms with van der Waals surface area (Å²) in [6, 6.07) is 12.7. The normalized spacial score (nSPS) is 11.8. The molecule has 2 N–H and O–H groups in total. The van der Waals surface area contributed by atoms with Gasteiger partial charge in [0.25, 0.3) is 0 Å². The van der Waals surface area contributed by atoms with Gasteiger partial charge in [0.15, 0.2) is 0 Å². The monoisotopic (exact) mass is 536 g/mol. The van der Waals surface area contributed by atoms with E-state index in [1.54, 1.807) is 18.2 Å². The minimum atomic E-state index is -4.61. The van der Waals surface area contributed by atoms with Crippen molar-refractivity contribution in [3.05, 3.63) is 81.3 Å². The fourth-order valence-electron chi connectivity index (χ4n) is 2.80. The quantitative estimate of drug-likeness (QED) is 0.374. The molecule has 0 bridgehead atoms. The van der Waals surface area contributed by atoms with Crippen molar-refractivity contribution in [1.29, 1.82) is 0 Å². The zero-order valence-corrected chi connectivity index (χ0v) is 19.5. The molecule has 3 aromatic rings. The molecule has 0 radical (unpaired) electrons. The molecular formula is C21H14Cl3F3N2O3S. The van der Waals surface area contributed by atoms with Crippen LogP contribution in [-0.2, 0) is 20.8 Å². The second-order valence-corrected chi connectivity index (χ2v) is 9.73. The van der Waals surface area contributed by atoms with Crippen LogP contribution in [0.2, 0.25) is 15.1 Å². The van der Waals surface area contributed by atoms with Crippen molar-refractivity contribution in [2.75, 3.05) is 17.2 Å². The standard InChI is InChI=1S/C21H14Cl3F3N2O3S/c22-14-7-6-12(21(25,26)27)10-17(14)29-18(30)11-28-16-9-8-15(23)20(19(16)24)33(31,32)13-4-2-1-3-5-13/h1-10,28H,11H2,(H,29,30). The summed E-state index contributed by atoms with van der Waals surface area (Å²) < 4.78 is 64.6. The molecule has 5 nitrogen and oxygen atoms in total. The second-order valence-electron chi connectivity index (χ2n) is 6.65. The van der Waals surface area contributed by atoms with Gasteiger partial charge in [-0.3, -0.25) is 4.79 Å². The summed E-state index contributed by atoms with van der Waals surface area (Å²) in [6.45, 7) is -0.446. The Morgan fingerprint density at radius 1 is 0.879 bits per heavy atom. The maximum absolute atomic E-state index is 13.0. The average molecular weight is 538 g/mol. The largest absolute Gasteiger partial charge is 0.416 e. The van der Waals surface area contributed by atoms with Gasteiger partial charge in [0.1, 0.15) is 4.90 Å². The Bertz CT molecular complexity index is 1300. The van der Waals surface area contributed by atoms with Gasteiger partial charge < -0.3 is 10.6 Å². The number of carbonyl (C=O) groups is 1. The fourth-order valence-corrected chi connectivity index (χ4v) is 5.43. The van der Waals surface area contributed by atoms with Gasteiger partial charge in [-0.25, -0.2) is 8.42 Å². The number of hydrogen-bond acceptors (Lipinski definition) is 4. The Morgan fingerprint density at radius 3 is 2.15 bits per heavy atom. The molecule has 1 amide bonds. The SMILES string of the molecule is O=C(CNc1ccc(Cl)c(S(=O)(=O)c2ccccc2)c1Cl)Nc1cc(C(F)(F)F)ccc1Cl. The van der Waals surface area contributed by atoms with Crippen molar-refractivity contribution < 1.29 is 26.4 Å². The van der Waals surface area contributed by atoms with Gasteiger partial charge in [0.2, 0.25) is 15.7 Å². The van der Waals surface area contributed by atoms with E-state index in [0.717, 1.165) is 12.1 Å². The zero-order chi connectivity index (χ0) is 24.4. The van der Waals surface area contributed by atoms with E-state index < -0.39 is 34.0 Å². The minimum absolute atomic E-state index is 0.0251. The van der Waals surface area contributed by atoms with Gasteiger partial charge in [0, 0.05) is 0 Å². The van der Waals surface area contributed by atoms with Gasteiger partial charge in [-0.05, 0) is 42.5 Å². The number of benzene rings is 3. The van der Waals surface area contributed by atoms with Crippen LogP contribution < -0.4 is 10.6 Å². The molecule has 0 heterocycles. The van der Waals surface area contributed by atoms with Gasteiger partial charge in [0.05, 0.1) is 43.4 Å². The van der Waals surface area contributed by atoms with Crippen molar-refractivity contribution in [3.63, 3.8) is 0 Å². The van der Waals surface area contributed by atoms with Crippen LogP contribution in [-0.4, -0.2) is 20.9 Å². The number of nitrogens with one attached hydrogen (secondary N) is 2. The number of amides is 1. The first-order valence-electron chi connectivity index (χ1n) is 9.10. The Labute approximate surface area is 202 Å². The highest BCUT2D eigenvalue weighted by Gasteiger charge is 2.31. The maximum Gasteiger partial charge on any atom is 0.416 e. The van der Waals surface area contributed by atoms with Crippen molar-refractivity contribution in [3.8, 4) is 0 Å². The van der Waals surface area contributed by atoms with Crippen LogP contribution in [0, 0.1) is 0 Å². The van der Waals surface area contributed by atoms with Gasteiger partial charge in [-0.1, -0.05) is 53.0 Å². The van der Waals surface area contributed by atoms with E-state index in [1.165, 1.54) is 24.3 Å². The summed E-state index contributed by atoms with van der Waals surface area (Å²) >= 11 is 18.3. The highest BCUT2D eigenvalue weighted by atomic mass is 35.5.